The average molecular weight is 249 g/mol. The molecule has 100 valence electrons. The summed E-state index contributed by atoms with van der Waals surface area (Å²) in [5.74, 6) is 0. The van der Waals surface area contributed by atoms with E-state index in [-0.39, 0.29) is 0 Å². The minimum atomic E-state index is 0.868. The summed E-state index contributed by atoms with van der Waals surface area (Å²) < 4.78 is 5.02. The molecule has 2 heterocycles. The molecule has 3 rings (SSSR count). The molecule has 0 unspecified atom stereocenters. The molecule has 18 heavy (non-hydrogen) atoms. The number of hydrogen-bond acceptors (Lipinski definition) is 4. The van der Waals surface area contributed by atoms with Crippen LogP contribution in [0, 0.1) is 0 Å². The topological polar surface area (TPSA) is 32.5 Å². The first-order chi connectivity index (χ1) is 8.92. The number of rotatable bonds is 3. The minimum Gasteiger partial charge on any atom is -0.451 e. The van der Waals surface area contributed by atoms with Crippen LogP contribution in [0.4, 0.5) is 0 Å². The lowest BCUT2D eigenvalue weighted by Gasteiger charge is -2.40. The molecule has 0 bridgehead atoms. The Morgan fingerprint density at radius 3 is 2.56 bits per heavy atom. The predicted molar refractivity (Wildman–Crippen MR) is 70.2 cm³/mol. The van der Waals surface area contributed by atoms with Crippen molar-refractivity contribution in [1.29, 1.82) is 0 Å². The van der Waals surface area contributed by atoms with Crippen molar-refractivity contribution in [2.24, 2.45) is 0 Å². The quantitative estimate of drug-likeness (QED) is 0.821. The van der Waals surface area contributed by atoms with Gasteiger partial charge in [-0.25, -0.2) is 4.98 Å². The fraction of sp³-hybridized carbons (Fsp3) is 0.786. The van der Waals surface area contributed by atoms with Crippen LogP contribution in [0.5, 0.6) is 0 Å². The first-order valence-electron chi connectivity index (χ1n) is 7.25. The van der Waals surface area contributed by atoms with Crippen LogP contribution in [0.25, 0.3) is 0 Å². The first kappa shape index (κ1) is 12.2. The third-order valence-corrected chi connectivity index (χ3v) is 4.37. The standard InChI is InChI=1S/C14H23N3O/c1-2-4-14(5-3-1)17-8-6-16(7-9-17)10-13-11-18-12-15-13/h11-12,14H,1-10H2. The van der Waals surface area contributed by atoms with Crippen molar-refractivity contribution in [3.63, 3.8) is 0 Å². The summed E-state index contributed by atoms with van der Waals surface area (Å²) in [6, 6.07) is 0.868. The van der Waals surface area contributed by atoms with Crippen LogP contribution in [0.15, 0.2) is 17.1 Å². The van der Waals surface area contributed by atoms with Gasteiger partial charge in [-0.05, 0) is 12.8 Å². The number of nitrogens with zero attached hydrogens (tertiary/aromatic N) is 3. The van der Waals surface area contributed by atoms with Gasteiger partial charge in [0.1, 0.15) is 6.26 Å². The van der Waals surface area contributed by atoms with Gasteiger partial charge in [0.15, 0.2) is 6.39 Å². The fourth-order valence-electron chi connectivity index (χ4n) is 3.28. The first-order valence-corrected chi connectivity index (χ1v) is 7.25. The number of aromatic nitrogens is 1. The largest absolute Gasteiger partial charge is 0.451 e. The highest BCUT2D eigenvalue weighted by atomic mass is 16.3. The molecule has 0 spiro atoms. The summed E-state index contributed by atoms with van der Waals surface area (Å²) in [5, 5.41) is 0. The maximum Gasteiger partial charge on any atom is 0.180 e. The van der Waals surface area contributed by atoms with E-state index >= 15 is 0 Å². The van der Waals surface area contributed by atoms with Crippen LogP contribution < -0.4 is 0 Å². The summed E-state index contributed by atoms with van der Waals surface area (Å²) in [6.45, 7) is 5.73. The third-order valence-electron chi connectivity index (χ3n) is 4.37. The van der Waals surface area contributed by atoms with Crippen molar-refractivity contribution in [2.45, 2.75) is 44.7 Å². The van der Waals surface area contributed by atoms with Gasteiger partial charge in [-0.1, -0.05) is 19.3 Å². The van der Waals surface area contributed by atoms with Gasteiger partial charge in [-0.15, -0.1) is 0 Å². The van der Waals surface area contributed by atoms with Crippen molar-refractivity contribution < 1.29 is 4.42 Å². The molecule has 1 saturated carbocycles. The van der Waals surface area contributed by atoms with Crippen molar-refractivity contribution in [1.82, 2.24) is 14.8 Å². The lowest BCUT2D eigenvalue weighted by Crippen LogP contribution is -2.50. The Kier molecular flexibility index (Phi) is 3.96. The minimum absolute atomic E-state index is 0.868. The lowest BCUT2D eigenvalue weighted by atomic mass is 9.94. The summed E-state index contributed by atoms with van der Waals surface area (Å²) in [4.78, 5) is 9.39. The van der Waals surface area contributed by atoms with Gasteiger partial charge in [-0.2, -0.15) is 0 Å². The SMILES string of the molecule is c1nc(CN2CCN(C3CCCCC3)CC2)co1. The van der Waals surface area contributed by atoms with Crippen LogP contribution in [-0.4, -0.2) is 47.0 Å². The second-order valence-corrected chi connectivity index (χ2v) is 5.58. The number of piperazine rings is 1. The van der Waals surface area contributed by atoms with Crippen molar-refractivity contribution in [3.8, 4) is 0 Å². The highest BCUT2D eigenvalue weighted by molar-refractivity contribution is 4.92. The zero-order valence-electron chi connectivity index (χ0n) is 11.1. The van der Waals surface area contributed by atoms with Gasteiger partial charge < -0.3 is 4.42 Å². The fourth-order valence-corrected chi connectivity index (χ4v) is 3.28. The highest BCUT2D eigenvalue weighted by Gasteiger charge is 2.25. The van der Waals surface area contributed by atoms with Gasteiger partial charge in [0.2, 0.25) is 0 Å². The van der Waals surface area contributed by atoms with Crippen LogP contribution >= 0.6 is 0 Å². The molecule has 2 aliphatic rings. The molecule has 1 aromatic rings. The molecule has 4 heteroatoms. The van der Waals surface area contributed by atoms with Crippen molar-refractivity contribution >= 4 is 0 Å². The zero-order valence-corrected chi connectivity index (χ0v) is 11.1. The van der Waals surface area contributed by atoms with E-state index in [1.165, 1.54) is 64.7 Å². The molecule has 1 aliphatic carbocycles. The normalized spacial score (nSPS) is 24.4. The number of hydrogen-bond donors (Lipinski definition) is 0. The Morgan fingerprint density at radius 2 is 1.89 bits per heavy atom. The van der Waals surface area contributed by atoms with E-state index < -0.39 is 0 Å². The average Bonchev–Trinajstić information content (AvgIpc) is 2.94. The molecular formula is C14H23N3O. The molecule has 0 aromatic carbocycles. The molecular weight excluding hydrogens is 226 g/mol. The molecule has 0 amide bonds. The van der Waals surface area contributed by atoms with Gasteiger partial charge >= 0.3 is 0 Å². The molecule has 0 radical (unpaired) electrons. The van der Waals surface area contributed by atoms with E-state index in [4.69, 9.17) is 4.42 Å². The van der Waals surface area contributed by atoms with Crippen LogP contribution in [0.1, 0.15) is 37.8 Å². The molecule has 0 atom stereocenters. The molecule has 1 aromatic heterocycles. The van der Waals surface area contributed by atoms with Crippen LogP contribution in [0.3, 0.4) is 0 Å². The van der Waals surface area contributed by atoms with E-state index in [2.05, 4.69) is 14.8 Å². The maximum absolute atomic E-state index is 5.02. The Bertz CT molecular complexity index is 338. The van der Waals surface area contributed by atoms with E-state index in [0.29, 0.717) is 0 Å². The van der Waals surface area contributed by atoms with Gasteiger partial charge in [-0.3, -0.25) is 9.80 Å². The van der Waals surface area contributed by atoms with E-state index in [0.717, 1.165) is 18.3 Å². The summed E-state index contributed by atoms with van der Waals surface area (Å²) >= 11 is 0. The van der Waals surface area contributed by atoms with Gasteiger partial charge in [0, 0.05) is 38.8 Å². The Morgan fingerprint density at radius 1 is 1.11 bits per heavy atom. The molecule has 4 nitrogen and oxygen atoms in total. The van der Waals surface area contributed by atoms with Crippen molar-refractivity contribution in [2.75, 3.05) is 26.2 Å². The van der Waals surface area contributed by atoms with Gasteiger partial charge in [0.05, 0.1) is 5.69 Å². The number of oxazole rings is 1. The second kappa shape index (κ2) is 5.85. The van der Waals surface area contributed by atoms with Crippen LogP contribution in [0.2, 0.25) is 0 Å². The molecule has 1 saturated heterocycles. The molecule has 1 aliphatic heterocycles. The second-order valence-electron chi connectivity index (χ2n) is 5.58. The molecule has 0 N–H and O–H groups in total. The monoisotopic (exact) mass is 249 g/mol. The van der Waals surface area contributed by atoms with Crippen LogP contribution in [-0.2, 0) is 6.54 Å². The van der Waals surface area contributed by atoms with E-state index in [9.17, 15) is 0 Å². The summed E-state index contributed by atoms with van der Waals surface area (Å²) in [6.07, 6.45) is 10.4. The highest BCUT2D eigenvalue weighted by Crippen LogP contribution is 2.23. The Hall–Kier alpha value is -0.870. The molecule has 2 fully saturated rings. The third kappa shape index (κ3) is 2.93. The maximum atomic E-state index is 5.02. The van der Waals surface area contributed by atoms with E-state index in [1.807, 2.05) is 0 Å². The Labute approximate surface area is 109 Å². The Balaban J connectivity index is 1.45. The van der Waals surface area contributed by atoms with E-state index in [1.54, 1.807) is 6.26 Å². The summed E-state index contributed by atoms with van der Waals surface area (Å²) in [7, 11) is 0. The van der Waals surface area contributed by atoms with Gasteiger partial charge in [0.25, 0.3) is 0 Å². The zero-order chi connectivity index (χ0) is 12.2. The lowest BCUT2D eigenvalue weighted by molar-refractivity contribution is 0.0749. The smallest absolute Gasteiger partial charge is 0.180 e. The van der Waals surface area contributed by atoms with Crippen molar-refractivity contribution in [3.05, 3.63) is 18.4 Å². The summed E-state index contributed by atoms with van der Waals surface area (Å²) in [5.41, 5.74) is 1.06. The predicted octanol–water partition coefficient (Wildman–Crippen LogP) is 2.12.